The summed E-state index contributed by atoms with van der Waals surface area (Å²) in [6, 6.07) is 5.61. The molecule has 0 spiro atoms. The highest BCUT2D eigenvalue weighted by molar-refractivity contribution is 5.90. The molecule has 0 aromatic heterocycles. The van der Waals surface area contributed by atoms with Gasteiger partial charge in [0, 0.05) is 32.2 Å². The smallest absolute Gasteiger partial charge is 0.338 e. The fraction of sp³-hybridized carbons (Fsp3) is 0.579. The number of fused-ring (bicyclic) bond motifs is 1. The van der Waals surface area contributed by atoms with Gasteiger partial charge in [0.05, 0.1) is 12.5 Å². The summed E-state index contributed by atoms with van der Waals surface area (Å²) in [6.07, 6.45) is -2.39. The van der Waals surface area contributed by atoms with E-state index in [-0.39, 0.29) is 24.3 Å². The molecule has 0 bridgehead atoms. The van der Waals surface area contributed by atoms with Gasteiger partial charge >= 0.3 is 6.18 Å². The van der Waals surface area contributed by atoms with Gasteiger partial charge in [-0.15, -0.1) is 0 Å². The second-order valence-corrected chi connectivity index (χ2v) is 7.32. The minimum Gasteiger partial charge on any atom is -0.338 e. The van der Waals surface area contributed by atoms with Crippen molar-refractivity contribution in [3.05, 3.63) is 29.3 Å². The van der Waals surface area contributed by atoms with Crippen LogP contribution < -0.4 is 5.32 Å². The van der Waals surface area contributed by atoms with E-state index in [4.69, 9.17) is 0 Å². The predicted octanol–water partition coefficient (Wildman–Crippen LogP) is 2.80. The Kier molecular flexibility index (Phi) is 5.74. The van der Waals surface area contributed by atoms with E-state index in [9.17, 15) is 22.8 Å². The maximum atomic E-state index is 12.9. The SMILES string of the molecule is CC(=O)Nc1cccc2c1CCN(C(=O)C1CCCN(CC(F)(F)F)C1)C2. The molecule has 0 aliphatic carbocycles. The maximum absolute atomic E-state index is 12.9. The van der Waals surface area contributed by atoms with Gasteiger partial charge in [-0.25, -0.2) is 0 Å². The van der Waals surface area contributed by atoms with Crippen LogP contribution in [0.4, 0.5) is 18.9 Å². The number of carbonyl (C=O) groups excluding carboxylic acids is 2. The molecule has 2 amide bonds. The van der Waals surface area contributed by atoms with E-state index in [0.717, 1.165) is 16.8 Å². The Bertz CT molecular complexity index is 721. The van der Waals surface area contributed by atoms with Gasteiger partial charge in [0.25, 0.3) is 0 Å². The quantitative estimate of drug-likeness (QED) is 0.873. The first kappa shape index (κ1) is 19.7. The number of amides is 2. The Morgan fingerprint density at radius 3 is 2.74 bits per heavy atom. The number of anilines is 1. The van der Waals surface area contributed by atoms with Crippen LogP contribution in [0.15, 0.2) is 18.2 Å². The summed E-state index contributed by atoms with van der Waals surface area (Å²) in [5.41, 5.74) is 2.77. The lowest BCUT2D eigenvalue weighted by Crippen LogP contribution is -2.48. The van der Waals surface area contributed by atoms with Crippen LogP contribution in [-0.4, -0.2) is 54.0 Å². The Morgan fingerprint density at radius 2 is 2.04 bits per heavy atom. The van der Waals surface area contributed by atoms with E-state index in [1.165, 1.54) is 11.8 Å². The second kappa shape index (κ2) is 7.88. The normalized spacial score (nSPS) is 20.9. The molecule has 1 atom stereocenters. The van der Waals surface area contributed by atoms with Crippen LogP contribution in [-0.2, 0) is 22.6 Å². The molecular weight excluding hydrogens is 359 g/mol. The highest BCUT2D eigenvalue weighted by Gasteiger charge is 2.36. The van der Waals surface area contributed by atoms with E-state index in [1.54, 1.807) is 4.90 Å². The number of likely N-dealkylation sites (tertiary alicyclic amines) is 1. The Labute approximate surface area is 156 Å². The zero-order chi connectivity index (χ0) is 19.6. The highest BCUT2D eigenvalue weighted by Crippen LogP contribution is 2.29. The van der Waals surface area contributed by atoms with E-state index < -0.39 is 12.7 Å². The van der Waals surface area contributed by atoms with Crippen LogP contribution in [0.2, 0.25) is 0 Å². The Balaban J connectivity index is 1.66. The molecule has 0 saturated carbocycles. The first-order valence-corrected chi connectivity index (χ1v) is 9.19. The third kappa shape index (κ3) is 5.00. The van der Waals surface area contributed by atoms with Crippen molar-refractivity contribution in [3.63, 3.8) is 0 Å². The number of carbonyl (C=O) groups is 2. The van der Waals surface area contributed by atoms with Gasteiger partial charge in [-0.1, -0.05) is 12.1 Å². The number of halogens is 3. The number of rotatable bonds is 3. The van der Waals surface area contributed by atoms with Crippen molar-refractivity contribution >= 4 is 17.5 Å². The number of nitrogens with zero attached hydrogens (tertiary/aromatic N) is 2. The first-order chi connectivity index (χ1) is 12.7. The van der Waals surface area contributed by atoms with E-state index in [1.807, 2.05) is 18.2 Å². The average molecular weight is 383 g/mol. The zero-order valence-corrected chi connectivity index (χ0v) is 15.3. The van der Waals surface area contributed by atoms with Gasteiger partial charge in [0.1, 0.15) is 0 Å². The zero-order valence-electron chi connectivity index (χ0n) is 15.3. The number of nitrogens with one attached hydrogen (secondary N) is 1. The van der Waals surface area contributed by atoms with E-state index >= 15 is 0 Å². The molecule has 27 heavy (non-hydrogen) atoms. The van der Waals surface area contributed by atoms with Crippen LogP contribution in [0.25, 0.3) is 0 Å². The average Bonchev–Trinajstić information content (AvgIpc) is 2.59. The molecule has 0 radical (unpaired) electrons. The molecule has 5 nitrogen and oxygen atoms in total. The molecule has 1 aromatic carbocycles. The summed E-state index contributed by atoms with van der Waals surface area (Å²) in [5, 5.41) is 2.81. The number of hydrogen-bond donors (Lipinski definition) is 1. The maximum Gasteiger partial charge on any atom is 0.401 e. The molecule has 1 aromatic rings. The largest absolute Gasteiger partial charge is 0.401 e. The summed E-state index contributed by atoms with van der Waals surface area (Å²) in [6.45, 7) is 1.98. The summed E-state index contributed by atoms with van der Waals surface area (Å²) in [5.74, 6) is -0.604. The van der Waals surface area contributed by atoms with Crippen LogP contribution in [0, 0.1) is 5.92 Å². The molecule has 1 saturated heterocycles. The van der Waals surface area contributed by atoms with Crippen molar-refractivity contribution in [1.82, 2.24) is 9.80 Å². The second-order valence-electron chi connectivity index (χ2n) is 7.32. The molecule has 2 aliphatic heterocycles. The van der Waals surface area contributed by atoms with Crippen molar-refractivity contribution < 1.29 is 22.8 Å². The van der Waals surface area contributed by atoms with Crippen molar-refractivity contribution in [2.24, 2.45) is 5.92 Å². The molecule has 1 fully saturated rings. The minimum absolute atomic E-state index is 0.0718. The van der Waals surface area contributed by atoms with Gasteiger partial charge in [-0.2, -0.15) is 13.2 Å². The third-order valence-electron chi connectivity index (χ3n) is 5.15. The summed E-state index contributed by atoms with van der Waals surface area (Å²) < 4.78 is 37.9. The number of piperidine rings is 1. The fourth-order valence-corrected chi connectivity index (χ4v) is 4.02. The van der Waals surface area contributed by atoms with Crippen molar-refractivity contribution in [3.8, 4) is 0 Å². The summed E-state index contributed by atoms with van der Waals surface area (Å²) >= 11 is 0. The monoisotopic (exact) mass is 383 g/mol. The molecular formula is C19H24F3N3O2. The lowest BCUT2D eigenvalue weighted by molar-refractivity contribution is -0.154. The van der Waals surface area contributed by atoms with Gasteiger partial charge in [0.2, 0.25) is 11.8 Å². The molecule has 3 rings (SSSR count). The summed E-state index contributed by atoms with van der Waals surface area (Å²) in [7, 11) is 0. The standard InChI is InChI=1S/C19H24F3N3O2/c1-13(26)23-17-6-2-4-14-11-25(9-7-16(14)17)18(27)15-5-3-8-24(10-15)12-19(20,21)22/h2,4,6,15H,3,5,7-12H2,1H3,(H,23,26). The molecule has 2 aliphatic rings. The lowest BCUT2D eigenvalue weighted by atomic mass is 9.93. The minimum atomic E-state index is -4.24. The van der Waals surface area contributed by atoms with Crippen LogP contribution in [0.5, 0.6) is 0 Å². The van der Waals surface area contributed by atoms with Gasteiger partial charge < -0.3 is 10.2 Å². The number of hydrogen-bond acceptors (Lipinski definition) is 3. The molecule has 2 heterocycles. The van der Waals surface area contributed by atoms with E-state index in [0.29, 0.717) is 38.9 Å². The highest BCUT2D eigenvalue weighted by atomic mass is 19.4. The molecule has 148 valence electrons. The van der Waals surface area contributed by atoms with Crippen LogP contribution >= 0.6 is 0 Å². The Hall–Kier alpha value is -2.09. The molecule has 8 heteroatoms. The topological polar surface area (TPSA) is 52.7 Å². The number of alkyl halides is 3. The lowest BCUT2D eigenvalue weighted by Gasteiger charge is -2.37. The first-order valence-electron chi connectivity index (χ1n) is 9.19. The van der Waals surface area contributed by atoms with E-state index in [2.05, 4.69) is 5.32 Å². The van der Waals surface area contributed by atoms with Crippen LogP contribution in [0.1, 0.15) is 30.9 Å². The third-order valence-corrected chi connectivity index (χ3v) is 5.15. The number of benzene rings is 1. The van der Waals surface area contributed by atoms with Gasteiger partial charge in [-0.3, -0.25) is 14.5 Å². The van der Waals surface area contributed by atoms with Crippen LogP contribution in [0.3, 0.4) is 0 Å². The van der Waals surface area contributed by atoms with Crippen molar-refractivity contribution in [2.75, 3.05) is 31.5 Å². The van der Waals surface area contributed by atoms with Gasteiger partial charge in [0.15, 0.2) is 0 Å². The van der Waals surface area contributed by atoms with Crippen molar-refractivity contribution in [2.45, 2.75) is 38.9 Å². The Morgan fingerprint density at radius 1 is 1.26 bits per heavy atom. The van der Waals surface area contributed by atoms with Crippen molar-refractivity contribution in [1.29, 1.82) is 0 Å². The fourth-order valence-electron chi connectivity index (χ4n) is 4.02. The summed E-state index contributed by atoms with van der Waals surface area (Å²) in [4.78, 5) is 27.3. The molecule has 1 N–H and O–H groups in total. The predicted molar refractivity (Wildman–Crippen MR) is 95.1 cm³/mol. The van der Waals surface area contributed by atoms with Gasteiger partial charge in [-0.05, 0) is 43.0 Å². The molecule has 1 unspecified atom stereocenters.